The van der Waals surface area contributed by atoms with Crippen LogP contribution in [0.15, 0.2) is 0 Å². The van der Waals surface area contributed by atoms with Crippen LogP contribution in [-0.2, 0) is 4.74 Å². The van der Waals surface area contributed by atoms with Crippen molar-refractivity contribution in [3.8, 4) is 0 Å². The molecule has 2 N–H and O–H groups in total. The molecule has 15 heavy (non-hydrogen) atoms. The minimum absolute atomic E-state index is 0.276. The van der Waals surface area contributed by atoms with Crippen LogP contribution in [0.25, 0.3) is 0 Å². The smallest absolute Gasteiger partial charge is 0.0824 e. The molecule has 0 radical (unpaired) electrons. The van der Waals surface area contributed by atoms with E-state index in [1.54, 1.807) is 0 Å². The second-order valence-electron chi connectivity index (χ2n) is 5.14. The highest BCUT2D eigenvalue weighted by Gasteiger charge is 2.28. The van der Waals surface area contributed by atoms with Crippen molar-refractivity contribution in [3.05, 3.63) is 0 Å². The maximum Gasteiger partial charge on any atom is 0.0824 e. The Balaban J connectivity index is 1.82. The summed E-state index contributed by atoms with van der Waals surface area (Å²) in [6, 6.07) is 0.805. The Morgan fingerprint density at radius 3 is 2.67 bits per heavy atom. The topological polar surface area (TPSA) is 38.5 Å². The average Bonchev–Trinajstić information content (AvgIpc) is 2.30. The van der Waals surface area contributed by atoms with Gasteiger partial charge in [0.25, 0.3) is 0 Å². The van der Waals surface area contributed by atoms with E-state index >= 15 is 0 Å². The van der Waals surface area contributed by atoms with E-state index in [1.165, 1.54) is 25.7 Å². The molecule has 0 amide bonds. The molecule has 0 aromatic carbocycles. The summed E-state index contributed by atoms with van der Waals surface area (Å²) in [5.74, 6) is 0.938. The number of ether oxygens (including phenoxy) is 1. The fraction of sp³-hybridized carbons (Fsp3) is 1.00. The van der Waals surface area contributed by atoms with E-state index in [0.29, 0.717) is 6.54 Å². The molecule has 0 spiro atoms. The van der Waals surface area contributed by atoms with E-state index in [1.807, 2.05) is 0 Å². The van der Waals surface area contributed by atoms with Gasteiger partial charge in [-0.2, -0.15) is 0 Å². The summed E-state index contributed by atoms with van der Waals surface area (Å²) >= 11 is 0. The van der Waals surface area contributed by atoms with Crippen LogP contribution in [-0.4, -0.2) is 43.3 Å². The van der Waals surface area contributed by atoms with E-state index in [-0.39, 0.29) is 6.10 Å². The maximum absolute atomic E-state index is 5.67. The molecule has 1 saturated heterocycles. The third-order valence-electron chi connectivity index (χ3n) is 3.93. The molecule has 0 aromatic heterocycles. The van der Waals surface area contributed by atoms with Crippen molar-refractivity contribution < 1.29 is 4.74 Å². The van der Waals surface area contributed by atoms with E-state index in [2.05, 4.69) is 11.8 Å². The zero-order chi connectivity index (χ0) is 10.7. The molecule has 1 unspecified atom stereocenters. The van der Waals surface area contributed by atoms with Crippen molar-refractivity contribution in [2.75, 3.05) is 26.2 Å². The molecule has 2 fully saturated rings. The van der Waals surface area contributed by atoms with Gasteiger partial charge in [0.15, 0.2) is 0 Å². The second kappa shape index (κ2) is 5.28. The van der Waals surface area contributed by atoms with Crippen LogP contribution in [0.5, 0.6) is 0 Å². The van der Waals surface area contributed by atoms with Gasteiger partial charge in [-0.25, -0.2) is 0 Å². The van der Waals surface area contributed by atoms with Crippen LogP contribution in [0.1, 0.15) is 32.6 Å². The van der Waals surface area contributed by atoms with E-state index in [0.717, 1.165) is 31.7 Å². The van der Waals surface area contributed by atoms with Crippen molar-refractivity contribution >= 4 is 0 Å². The molecule has 2 rings (SSSR count). The number of hydrogen-bond donors (Lipinski definition) is 1. The molecule has 0 bridgehead atoms. The van der Waals surface area contributed by atoms with E-state index in [4.69, 9.17) is 10.5 Å². The monoisotopic (exact) mass is 212 g/mol. The molecule has 0 aromatic rings. The summed E-state index contributed by atoms with van der Waals surface area (Å²) in [6.07, 6.45) is 5.82. The summed E-state index contributed by atoms with van der Waals surface area (Å²) in [5.41, 5.74) is 5.67. The van der Waals surface area contributed by atoms with Gasteiger partial charge in [0.2, 0.25) is 0 Å². The van der Waals surface area contributed by atoms with E-state index < -0.39 is 0 Å². The van der Waals surface area contributed by atoms with Crippen molar-refractivity contribution in [1.29, 1.82) is 0 Å². The second-order valence-corrected chi connectivity index (χ2v) is 5.14. The minimum atomic E-state index is 0.276. The highest BCUT2D eigenvalue weighted by molar-refractivity contribution is 4.82. The van der Waals surface area contributed by atoms with Crippen molar-refractivity contribution in [3.63, 3.8) is 0 Å². The average molecular weight is 212 g/mol. The number of nitrogens with two attached hydrogens (primary N) is 1. The predicted octanol–water partition coefficient (Wildman–Crippen LogP) is 1.22. The number of morpholine rings is 1. The van der Waals surface area contributed by atoms with Gasteiger partial charge in [-0.1, -0.05) is 6.92 Å². The summed E-state index contributed by atoms with van der Waals surface area (Å²) < 4.78 is 5.60. The van der Waals surface area contributed by atoms with E-state index in [9.17, 15) is 0 Å². The van der Waals surface area contributed by atoms with Gasteiger partial charge in [-0.05, 0) is 31.6 Å². The Morgan fingerprint density at radius 2 is 2.00 bits per heavy atom. The van der Waals surface area contributed by atoms with Crippen molar-refractivity contribution in [2.24, 2.45) is 11.7 Å². The van der Waals surface area contributed by atoms with Gasteiger partial charge in [0, 0.05) is 25.7 Å². The van der Waals surface area contributed by atoms with Gasteiger partial charge in [0.05, 0.1) is 12.7 Å². The maximum atomic E-state index is 5.67. The summed E-state index contributed by atoms with van der Waals surface area (Å²) in [7, 11) is 0. The number of rotatable bonds is 2. The molecule has 1 atom stereocenters. The molecular weight excluding hydrogens is 188 g/mol. The van der Waals surface area contributed by atoms with Crippen molar-refractivity contribution in [2.45, 2.75) is 44.8 Å². The Bertz CT molecular complexity index is 190. The third kappa shape index (κ3) is 2.92. The molecule has 3 heteroatoms. The van der Waals surface area contributed by atoms with Crippen LogP contribution in [0.2, 0.25) is 0 Å². The largest absolute Gasteiger partial charge is 0.374 e. The van der Waals surface area contributed by atoms with Gasteiger partial charge in [-0.15, -0.1) is 0 Å². The first-order valence-electron chi connectivity index (χ1n) is 6.35. The van der Waals surface area contributed by atoms with Crippen LogP contribution in [0.3, 0.4) is 0 Å². The fourth-order valence-corrected chi connectivity index (χ4v) is 2.82. The van der Waals surface area contributed by atoms with Crippen LogP contribution < -0.4 is 5.73 Å². The molecule has 2 aliphatic rings. The molecule has 3 nitrogen and oxygen atoms in total. The first kappa shape index (κ1) is 11.4. The number of hydrogen-bond acceptors (Lipinski definition) is 3. The van der Waals surface area contributed by atoms with Crippen molar-refractivity contribution in [1.82, 2.24) is 4.90 Å². The Labute approximate surface area is 93.0 Å². The first-order chi connectivity index (χ1) is 7.29. The quantitative estimate of drug-likeness (QED) is 0.748. The minimum Gasteiger partial charge on any atom is -0.374 e. The standard InChI is InChI=1S/C12H24N2O/c1-10-2-4-11(5-3-10)14-6-7-15-12(8-13)9-14/h10-12H,2-9,13H2,1H3. The van der Waals surface area contributed by atoms with Gasteiger partial charge >= 0.3 is 0 Å². The Morgan fingerprint density at radius 1 is 1.27 bits per heavy atom. The summed E-state index contributed by atoms with van der Waals surface area (Å²) in [5, 5.41) is 0. The number of nitrogens with zero attached hydrogens (tertiary/aromatic N) is 1. The van der Waals surface area contributed by atoms with Gasteiger partial charge in [0.1, 0.15) is 0 Å². The predicted molar refractivity (Wildman–Crippen MR) is 61.8 cm³/mol. The lowest BCUT2D eigenvalue weighted by molar-refractivity contribution is -0.0451. The summed E-state index contributed by atoms with van der Waals surface area (Å²) in [4.78, 5) is 2.60. The molecule has 1 saturated carbocycles. The van der Waals surface area contributed by atoms with Crippen LogP contribution in [0.4, 0.5) is 0 Å². The lowest BCUT2D eigenvalue weighted by Crippen LogP contribution is -2.50. The normalized spacial score (nSPS) is 39.2. The molecule has 1 aliphatic heterocycles. The molecular formula is C12H24N2O. The van der Waals surface area contributed by atoms with Crippen LogP contribution in [0, 0.1) is 5.92 Å². The zero-order valence-corrected chi connectivity index (χ0v) is 9.82. The molecule has 88 valence electrons. The first-order valence-corrected chi connectivity index (χ1v) is 6.35. The third-order valence-corrected chi connectivity index (χ3v) is 3.93. The SMILES string of the molecule is CC1CCC(N2CCOC(CN)C2)CC1. The zero-order valence-electron chi connectivity index (χ0n) is 9.82. The summed E-state index contributed by atoms with van der Waals surface area (Å²) in [6.45, 7) is 6.07. The Kier molecular flexibility index (Phi) is 4.00. The Hall–Kier alpha value is -0.120. The molecule has 1 aliphatic carbocycles. The highest BCUT2D eigenvalue weighted by atomic mass is 16.5. The highest BCUT2D eigenvalue weighted by Crippen LogP contribution is 2.27. The fourth-order valence-electron chi connectivity index (χ4n) is 2.82. The lowest BCUT2D eigenvalue weighted by Gasteiger charge is -2.40. The lowest BCUT2D eigenvalue weighted by atomic mass is 9.86. The molecule has 1 heterocycles. The van der Waals surface area contributed by atoms with Gasteiger partial charge in [-0.3, -0.25) is 4.90 Å². The van der Waals surface area contributed by atoms with Gasteiger partial charge < -0.3 is 10.5 Å². The van der Waals surface area contributed by atoms with Crippen LogP contribution >= 0.6 is 0 Å².